The molecule has 1 unspecified atom stereocenters. The average Bonchev–Trinajstić information content (AvgIpc) is 3.14. The average molecular weight is 396 g/mol. The highest BCUT2D eigenvalue weighted by molar-refractivity contribution is 6.33. The maximum atomic E-state index is 13.3. The molecule has 0 aliphatic rings. The topological polar surface area (TPSA) is 64.7 Å². The number of halogens is 3. The van der Waals surface area contributed by atoms with Crippen molar-refractivity contribution in [2.45, 2.75) is 25.9 Å². The normalized spacial score (nSPS) is 12.2. The Bertz CT molecular complexity index is 924. The summed E-state index contributed by atoms with van der Waals surface area (Å²) in [7, 11) is 0. The molecule has 0 fully saturated rings. The van der Waals surface area contributed by atoms with Crippen LogP contribution in [0.25, 0.3) is 0 Å². The molecule has 1 amide bonds. The summed E-state index contributed by atoms with van der Waals surface area (Å²) in [5.41, 5.74) is 0.736. The van der Waals surface area contributed by atoms with Gasteiger partial charge in [0.1, 0.15) is 16.9 Å². The van der Waals surface area contributed by atoms with Gasteiger partial charge in [-0.1, -0.05) is 42.3 Å². The van der Waals surface area contributed by atoms with E-state index in [1.807, 2.05) is 6.92 Å². The van der Waals surface area contributed by atoms with Crippen molar-refractivity contribution in [3.8, 4) is 0 Å². The number of rotatable bonds is 6. The van der Waals surface area contributed by atoms with Gasteiger partial charge in [-0.3, -0.25) is 14.2 Å². The summed E-state index contributed by atoms with van der Waals surface area (Å²) in [5, 5.41) is 11.8. The summed E-state index contributed by atoms with van der Waals surface area (Å²) in [6.07, 6.45) is 5.15. The Labute approximate surface area is 159 Å². The zero-order valence-electron chi connectivity index (χ0n) is 13.9. The fraction of sp³-hybridized carbons (Fsp3) is 0.235. The maximum absolute atomic E-state index is 13.3. The van der Waals surface area contributed by atoms with Crippen LogP contribution < -0.4 is 5.32 Å². The van der Waals surface area contributed by atoms with Crippen molar-refractivity contribution < 1.29 is 9.18 Å². The molecule has 0 aliphatic carbocycles. The number of aromatic nitrogens is 4. The summed E-state index contributed by atoms with van der Waals surface area (Å²) in [6, 6.07) is 5.66. The standard InChI is InChI=1S/C17H16Cl2FN5O/c1-2-15(25-9-12(18)7-21-25)17(26)22-16-14(19)10-24(23-16)8-11-4-3-5-13(20)6-11/h3-7,9-10,15H,2,8H2,1H3,(H,22,23,26). The van der Waals surface area contributed by atoms with E-state index in [4.69, 9.17) is 23.2 Å². The molecule has 1 atom stereocenters. The molecule has 0 saturated carbocycles. The fourth-order valence-corrected chi connectivity index (χ4v) is 2.90. The predicted molar refractivity (Wildman–Crippen MR) is 97.9 cm³/mol. The van der Waals surface area contributed by atoms with Gasteiger partial charge in [0.15, 0.2) is 5.82 Å². The van der Waals surface area contributed by atoms with E-state index >= 15 is 0 Å². The van der Waals surface area contributed by atoms with E-state index in [0.717, 1.165) is 5.56 Å². The second-order valence-corrected chi connectivity index (χ2v) is 6.55. The summed E-state index contributed by atoms with van der Waals surface area (Å²) >= 11 is 12.0. The van der Waals surface area contributed by atoms with Gasteiger partial charge in [0.2, 0.25) is 5.91 Å². The van der Waals surface area contributed by atoms with Crippen LogP contribution in [0.1, 0.15) is 24.9 Å². The van der Waals surface area contributed by atoms with Crippen molar-refractivity contribution in [2.75, 3.05) is 5.32 Å². The van der Waals surface area contributed by atoms with Gasteiger partial charge in [-0.05, 0) is 24.1 Å². The molecule has 0 radical (unpaired) electrons. The first-order chi connectivity index (χ1) is 12.5. The lowest BCUT2D eigenvalue weighted by atomic mass is 10.2. The third kappa shape index (κ3) is 4.23. The zero-order valence-corrected chi connectivity index (χ0v) is 15.4. The van der Waals surface area contributed by atoms with Crippen LogP contribution in [-0.4, -0.2) is 25.5 Å². The van der Waals surface area contributed by atoms with E-state index in [9.17, 15) is 9.18 Å². The van der Waals surface area contributed by atoms with E-state index < -0.39 is 6.04 Å². The van der Waals surface area contributed by atoms with Crippen molar-refractivity contribution in [3.05, 3.63) is 64.3 Å². The number of amides is 1. The first-order valence-corrected chi connectivity index (χ1v) is 8.69. The lowest BCUT2D eigenvalue weighted by Gasteiger charge is -2.14. The van der Waals surface area contributed by atoms with E-state index in [0.29, 0.717) is 23.0 Å². The van der Waals surface area contributed by atoms with Crippen LogP contribution in [0.5, 0.6) is 0 Å². The third-order valence-corrected chi connectivity index (χ3v) is 4.24. The monoisotopic (exact) mass is 395 g/mol. The van der Waals surface area contributed by atoms with Crippen LogP contribution in [0, 0.1) is 5.82 Å². The molecule has 2 aromatic heterocycles. The first kappa shape index (κ1) is 18.4. The molecule has 0 aliphatic heterocycles. The Morgan fingerprint density at radius 1 is 1.35 bits per heavy atom. The van der Waals surface area contributed by atoms with Crippen molar-refractivity contribution in [2.24, 2.45) is 0 Å². The van der Waals surface area contributed by atoms with Crippen molar-refractivity contribution in [3.63, 3.8) is 0 Å². The molecule has 26 heavy (non-hydrogen) atoms. The molecule has 0 saturated heterocycles. The highest BCUT2D eigenvalue weighted by atomic mass is 35.5. The first-order valence-electron chi connectivity index (χ1n) is 7.94. The van der Waals surface area contributed by atoms with E-state index in [1.54, 1.807) is 29.2 Å². The molecular weight excluding hydrogens is 380 g/mol. The Morgan fingerprint density at radius 2 is 2.15 bits per heavy atom. The Hall–Kier alpha value is -2.38. The number of benzene rings is 1. The van der Waals surface area contributed by atoms with Crippen LogP contribution in [0.15, 0.2) is 42.9 Å². The summed E-state index contributed by atoms with van der Waals surface area (Å²) in [6.45, 7) is 2.20. The van der Waals surface area contributed by atoms with E-state index in [-0.39, 0.29) is 17.5 Å². The second kappa shape index (κ2) is 7.88. The molecule has 136 valence electrons. The third-order valence-electron chi connectivity index (χ3n) is 3.77. The molecule has 2 heterocycles. The zero-order chi connectivity index (χ0) is 18.7. The van der Waals surface area contributed by atoms with E-state index in [1.165, 1.54) is 23.0 Å². The quantitative estimate of drug-likeness (QED) is 0.681. The Morgan fingerprint density at radius 3 is 2.81 bits per heavy atom. The molecule has 9 heteroatoms. The number of carbonyl (C=O) groups excluding carboxylic acids is 1. The molecule has 3 aromatic rings. The van der Waals surface area contributed by atoms with Gasteiger partial charge in [0, 0.05) is 12.4 Å². The molecule has 3 rings (SSSR count). The van der Waals surface area contributed by atoms with Gasteiger partial charge < -0.3 is 5.32 Å². The van der Waals surface area contributed by atoms with Gasteiger partial charge >= 0.3 is 0 Å². The van der Waals surface area contributed by atoms with Gasteiger partial charge in [-0.2, -0.15) is 10.2 Å². The molecular formula is C17H16Cl2FN5O. The molecule has 1 aromatic carbocycles. The fourth-order valence-electron chi connectivity index (χ4n) is 2.56. The minimum Gasteiger partial charge on any atom is -0.306 e. The van der Waals surface area contributed by atoms with E-state index in [2.05, 4.69) is 15.5 Å². The molecule has 6 nitrogen and oxygen atoms in total. The second-order valence-electron chi connectivity index (χ2n) is 5.71. The van der Waals surface area contributed by atoms with Crippen LogP contribution in [0.3, 0.4) is 0 Å². The number of anilines is 1. The largest absolute Gasteiger partial charge is 0.306 e. The van der Waals surface area contributed by atoms with Crippen molar-refractivity contribution in [1.29, 1.82) is 0 Å². The van der Waals surface area contributed by atoms with Crippen LogP contribution in [0.2, 0.25) is 10.0 Å². The summed E-state index contributed by atoms with van der Waals surface area (Å²) < 4.78 is 16.3. The highest BCUT2D eigenvalue weighted by Crippen LogP contribution is 2.23. The number of nitrogens with one attached hydrogen (secondary N) is 1. The summed E-state index contributed by atoms with van der Waals surface area (Å²) in [4.78, 5) is 12.5. The van der Waals surface area contributed by atoms with Gasteiger partial charge in [0.05, 0.1) is 17.8 Å². The lowest BCUT2D eigenvalue weighted by molar-refractivity contribution is -0.119. The predicted octanol–water partition coefficient (Wildman–Crippen LogP) is 4.16. The molecule has 1 N–H and O–H groups in total. The number of hydrogen-bond acceptors (Lipinski definition) is 3. The van der Waals surface area contributed by atoms with Gasteiger partial charge in [-0.15, -0.1) is 0 Å². The maximum Gasteiger partial charge on any atom is 0.250 e. The molecule has 0 bridgehead atoms. The van der Waals surface area contributed by atoms with Gasteiger partial charge in [0.25, 0.3) is 0 Å². The SMILES string of the molecule is CCC(C(=O)Nc1nn(Cc2cccc(F)c2)cc1Cl)n1cc(Cl)cn1. The highest BCUT2D eigenvalue weighted by Gasteiger charge is 2.21. The number of hydrogen-bond donors (Lipinski definition) is 1. The Balaban J connectivity index is 1.73. The summed E-state index contributed by atoms with van der Waals surface area (Å²) in [5.74, 6) is -0.382. The van der Waals surface area contributed by atoms with Gasteiger partial charge in [-0.25, -0.2) is 4.39 Å². The smallest absolute Gasteiger partial charge is 0.250 e. The van der Waals surface area contributed by atoms with Crippen molar-refractivity contribution in [1.82, 2.24) is 19.6 Å². The minimum absolute atomic E-state index is 0.241. The van der Waals surface area contributed by atoms with Crippen LogP contribution >= 0.6 is 23.2 Å². The number of nitrogens with zero attached hydrogens (tertiary/aromatic N) is 4. The Kier molecular flexibility index (Phi) is 5.58. The van der Waals surface area contributed by atoms with Crippen LogP contribution in [-0.2, 0) is 11.3 Å². The van der Waals surface area contributed by atoms with Crippen molar-refractivity contribution >= 4 is 34.9 Å². The number of carbonyl (C=O) groups is 1. The lowest BCUT2D eigenvalue weighted by Crippen LogP contribution is -2.26. The van der Waals surface area contributed by atoms with Crippen LogP contribution in [0.4, 0.5) is 10.2 Å². The molecule has 0 spiro atoms. The minimum atomic E-state index is -0.535.